The van der Waals surface area contributed by atoms with Crippen molar-refractivity contribution in [1.82, 2.24) is 19.8 Å². The third kappa shape index (κ3) is 4.15. The van der Waals surface area contributed by atoms with Gasteiger partial charge in [0.05, 0.1) is 12.1 Å². The molecule has 0 radical (unpaired) electrons. The normalized spacial score (nSPS) is 16.1. The molecule has 1 fully saturated rings. The molecule has 3 aromatic rings. The van der Waals surface area contributed by atoms with Crippen LogP contribution in [0.1, 0.15) is 11.3 Å². The zero-order chi connectivity index (χ0) is 20.3. The van der Waals surface area contributed by atoms with Crippen LogP contribution < -0.4 is 9.47 Å². The van der Waals surface area contributed by atoms with E-state index in [1.54, 1.807) is 23.7 Å². The zero-order valence-electron chi connectivity index (χ0n) is 16.5. The van der Waals surface area contributed by atoms with Gasteiger partial charge in [-0.3, -0.25) is 14.7 Å². The Morgan fingerprint density at radius 2 is 1.83 bits per heavy atom. The molecule has 7 nitrogen and oxygen atoms in total. The van der Waals surface area contributed by atoms with E-state index in [9.17, 15) is 4.79 Å². The lowest BCUT2D eigenvalue weighted by molar-refractivity contribution is -0.132. The minimum atomic E-state index is 0.143. The summed E-state index contributed by atoms with van der Waals surface area (Å²) in [5.74, 6) is 1.77. The van der Waals surface area contributed by atoms with Gasteiger partial charge in [0.1, 0.15) is 5.01 Å². The van der Waals surface area contributed by atoms with Gasteiger partial charge in [-0.05, 0) is 29.8 Å². The van der Waals surface area contributed by atoms with E-state index in [0.717, 1.165) is 60.5 Å². The average Bonchev–Trinajstić information content (AvgIpc) is 3.44. The van der Waals surface area contributed by atoms with Crippen molar-refractivity contribution in [2.24, 2.45) is 0 Å². The van der Waals surface area contributed by atoms with Gasteiger partial charge in [0.2, 0.25) is 12.7 Å². The van der Waals surface area contributed by atoms with Crippen LogP contribution >= 0.6 is 11.3 Å². The topological polar surface area (TPSA) is 67.8 Å². The van der Waals surface area contributed by atoms with Crippen LogP contribution in [0.2, 0.25) is 0 Å². The Balaban J connectivity index is 1.13. The van der Waals surface area contributed by atoms with Crippen molar-refractivity contribution in [1.29, 1.82) is 0 Å². The highest BCUT2D eigenvalue weighted by Crippen LogP contribution is 2.33. The summed E-state index contributed by atoms with van der Waals surface area (Å²) in [6, 6.07) is 9.95. The van der Waals surface area contributed by atoms with Crippen molar-refractivity contribution in [3.63, 3.8) is 0 Å². The smallest absolute Gasteiger partial charge is 0.231 e. The third-order valence-corrected chi connectivity index (χ3v) is 6.32. The predicted octanol–water partition coefficient (Wildman–Crippen LogP) is 2.82. The number of carbonyl (C=O) groups is 1. The molecular formula is C22H22N4O3S. The molecule has 0 bridgehead atoms. The lowest BCUT2D eigenvalue weighted by Crippen LogP contribution is -2.48. The minimum Gasteiger partial charge on any atom is -0.454 e. The monoisotopic (exact) mass is 422 g/mol. The van der Waals surface area contributed by atoms with Crippen molar-refractivity contribution >= 4 is 17.2 Å². The second-order valence-electron chi connectivity index (χ2n) is 7.40. The van der Waals surface area contributed by atoms with Gasteiger partial charge in [-0.25, -0.2) is 4.98 Å². The summed E-state index contributed by atoms with van der Waals surface area (Å²) in [6.07, 6.45) is 3.86. The van der Waals surface area contributed by atoms with Crippen LogP contribution in [0.5, 0.6) is 11.5 Å². The summed E-state index contributed by atoms with van der Waals surface area (Å²) in [6.45, 7) is 4.34. The van der Waals surface area contributed by atoms with Crippen LogP contribution in [-0.2, 0) is 17.8 Å². The quantitative estimate of drug-likeness (QED) is 0.630. The summed E-state index contributed by atoms with van der Waals surface area (Å²) in [7, 11) is 0. The van der Waals surface area contributed by atoms with Crippen molar-refractivity contribution < 1.29 is 14.3 Å². The Bertz CT molecular complexity index is 1030. The molecule has 2 aliphatic rings. The van der Waals surface area contributed by atoms with Crippen molar-refractivity contribution in [2.45, 2.75) is 13.0 Å². The maximum Gasteiger partial charge on any atom is 0.231 e. The largest absolute Gasteiger partial charge is 0.454 e. The number of thiazole rings is 1. The average molecular weight is 423 g/mol. The fraction of sp³-hybridized carbons (Fsp3) is 0.318. The van der Waals surface area contributed by atoms with Gasteiger partial charge in [0.25, 0.3) is 0 Å². The number of amides is 1. The Morgan fingerprint density at radius 1 is 1.03 bits per heavy atom. The molecular weight excluding hydrogens is 400 g/mol. The van der Waals surface area contributed by atoms with E-state index in [4.69, 9.17) is 9.47 Å². The molecule has 2 aromatic heterocycles. The Kier molecular flexibility index (Phi) is 5.33. The first-order valence-electron chi connectivity index (χ1n) is 9.98. The number of rotatable bonds is 5. The van der Waals surface area contributed by atoms with Crippen LogP contribution in [0.25, 0.3) is 10.6 Å². The number of pyridine rings is 1. The van der Waals surface area contributed by atoms with E-state index in [1.807, 2.05) is 34.5 Å². The van der Waals surface area contributed by atoms with Gasteiger partial charge in [-0.1, -0.05) is 6.07 Å². The molecule has 0 unspecified atom stereocenters. The highest BCUT2D eigenvalue weighted by molar-refractivity contribution is 7.13. The molecule has 4 heterocycles. The van der Waals surface area contributed by atoms with E-state index in [2.05, 4.69) is 20.9 Å². The van der Waals surface area contributed by atoms with Crippen LogP contribution in [-0.4, -0.2) is 58.6 Å². The second kappa shape index (κ2) is 8.41. The van der Waals surface area contributed by atoms with Crippen LogP contribution in [0.4, 0.5) is 0 Å². The van der Waals surface area contributed by atoms with Gasteiger partial charge in [-0.2, -0.15) is 0 Å². The molecule has 0 atom stereocenters. The summed E-state index contributed by atoms with van der Waals surface area (Å²) in [5, 5.41) is 2.90. The van der Waals surface area contributed by atoms with Gasteiger partial charge in [0, 0.05) is 56.1 Å². The number of carbonyl (C=O) groups excluding carboxylic acids is 1. The molecule has 0 N–H and O–H groups in total. The Morgan fingerprint density at radius 3 is 2.67 bits per heavy atom. The maximum atomic E-state index is 12.7. The number of benzene rings is 1. The third-order valence-electron chi connectivity index (χ3n) is 5.38. The molecule has 1 aromatic carbocycles. The summed E-state index contributed by atoms with van der Waals surface area (Å²) in [5.41, 5.74) is 3.07. The molecule has 1 saturated heterocycles. The first-order valence-corrected chi connectivity index (χ1v) is 10.9. The maximum absolute atomic E-state index is 12.7. The Hall–Kier alpha value is -2.97. The standard InChI is InChI=1S/C22H22N4O3S/c27-21(12-18-14-30-22(24-18)17-3-5-23-6-4-17)26-9-7-25(8-10-26)13-16-1-2-19-20(11-16)29-15-28-19/h1-6,11,14H,7-10,12-13,15H2. The van der Waals surface area contributed by atoms with Crippen molar-refractivity contribution in [3.8, 4) is 22.1 Å². The summed E-state index contributed by atoms with van der Waals surface area (Å²) >= 11 is 1.56. The number of piperazine rings is 1. The van der Waals surface area contributed by atoms with E-state index in [1.165, 1.54) is 5.56 Å². The van der Waals surface area contributed by atoms with Crippen LogP contribution in [0.15, 0.2) is 48.1 Å². The molecule has 0 saturated carbocycles. The van der Waals surface area contributed by atoms with E-state index < -0.39 is 0 Å². The number of fused-ring (bicyclic) bond motifs is 1. The second-order valence-corrected chi connectivity index (χ2v) is 8.26. The van der Waals surface area contributed by atoms with Crippen LogP contribution in [0, 0.1) is 0 Å². The van der Waals surface area contributed by atoms with E-state index >= 15 is 0 Å². The molecule has 30 heavy (non-hydrogen) atoms. The molecule has 5 rings (SSSR count). The number of nitrogens with zero attached hydrogens (tertiary/aromatic N) is 4. The summed E-state index contributed by atoms with van der Waals surface area (Å²) in [4.78, 5) is 25.7. The lowest BCUT2D eigenvalue weighted by Gasteiger charge is -2.34. The first kappa shape index (κ1) is 19.0. The SMILES string of the molecule is O=C(Cc1csc(-c2ccncc2)n1)N1CCN(Cc2ccc3c(c2)OCO3)CC1. The van der Waals surface area contributed by atoms with Crippen molar-refractivity contribution in [2.75, 3.05) is 33.0 Å². The number of hydrogen-bond acceptors (Lipinski definition) is 7. The van der Waals surface area contributed by atoms with Gasteiger partial charge < -0.3 is 14.4 Å². The number of ether oxygens (including phenoxy) is 2. The molecule has 0 aliphatic carbocycles. The summed E-state index contributed by atoms with van der Waals surface area (Å²) < 4.78 is 10.8. The predicted molar refractivity (Wildman–Crippen MR) is 113 cm³/mol. The highest BCUT2D eigenvalue weighted by atomic mass is 32.1. The Labute approximate surface area is 178 Å². The van der Waals surface area contributed by atoms with Gasteiger partial charge in [-0.15, -0.1) is 11.3 Å². The highest BCUT2D eigenvalue weighted by Gasteiger charge is 2.23. The van der Waals surface area contributed by atoms with Gasteiger partial charge in [0.15, 0.2) is 11.5 Å². The van der Waals surface area contributed by atoms with Gasteiger partial charge >= 0.3 is 0 Å². The van der Waals surface area contributed by atoms with Crippen LogP contribution in [0.3, 0.4) is 0 Å². The lowest BCUT2D eigenvalue weighted by atomic mass is 10.1. The fourth-order valence-corrected chi connectivity index (χ4v) is 4.56. The van der Waals surface area contributed by atoms with E-state index in [0.29, 0.717) is 13.2 Å². The van der Waals surface area contributed by atoms with E-state index in [-0.39, 0.29) is 5.91 Å². The number of aromatic nitrogens is 2. The minimum absolute atomic E-state index is 0.143. The molecule has 2 aliphatic heterocycles. The molecule has 1 amide bonds. The number of hydrogen-bond donors (Lipinski definition) is 0. The molecule has 0 spiro atoms. The fourth-order valence-electron chi connectivity index (χ4n) is 3.73. The van der Waals surface area contributed by atoms with Crippen molar-refractivity contribution in [3.05, 3.63) is 59.4 Å². The first-order chi connectivity index (χ1) is 14.7. The molecule has 154 valence electrons. The zero-order valence-corrected chi connectivity index (χ0v) is 17.3. The molecule has 8 heteroatoms.